The van der Waals surface area contributed by atoms with Gasteiger partial charge in [0.15, 0.2) is 0 Å². The summed E-state index contributed by atoms with van der Waals surface area (Å²) in [5.74, 6) is 0. The predicted molar refractivity (Wildman–Crippen MR) is 82.7 cm³/mol. The summed E-state index contributed by atoms with van der Waals surface area (Å²) in [4.78, 5) is 0. The lowest BCUT2D eigenvalue weighted by atomic mass is 9.86. The van der Waals surface area contributed by atoms with E-state index < -0.39 is 85.0 Å². The van der Waals surface area contributed by atoms with E-state index in [-0.39, 0.29) is 10.2 Å². The number of hydrogen-bond acceptors (Lipinski definition) is 1. The number of hydrogen-bond donors (Lipinski definition) is 1. The Morgan fingerprint density at radius 3 is 2.39 bits per heavy atom. The van der Waals surface area contributed by atoms with Crippen molar-refractivity contribution < 1.29 is 21.9 Å². The lowest BCUT2D eigenvalue weighted by Crippen LogP contribution is -2.10. The Bertz CT molecular complexity index is 1070. The van der Waals surface area contributed by atoms with E-state index in [1.165, 1.54) is 0 Å². The first-order valence-corrected chi connectivity index (χ1v) is 5.52. The largest absolute Gasteiger partial charge is 0.397 e. The monoisotopic (exact) mass is 319 g/mol. The smallest absolute Gasteiger partial charge is 0.0635 e. The van der Waals surface area contributed by atoms with Crippen LogP contribution in [0.5, 0.6) is 0 Å². The van der Waals surface area contributed by atoms with Crippen molar-refractivity contribution in [3.63, 3.8) is 0 Å². The van der Waals surface area contributed by atoms with Crippen LogP contribution in [0.25, 0.3) is 11.1 Å². The highest BCUT2D eigenvalue weighted by atomic mass is 79.9. The molecule has 0 saturated heterocycles. The molecule has 0 aliphatic carbocycles. The van der Waals surface area contributed by atoms with Crippen LogP contribution in [0.4, 0.5) is 5.69 Å². The molecule has 18 heavy (non-hydrogen) atoms. The average molecular weight is 320 g/mol. The third kappa shape index (κ3) is 2.59. The fraction of sp³-hybridized carbons (Fsp3) is 0.250. The van der Waals surface area contributed by atoms with Gasteiger partial charge in [-0.2, -0.15) is 0 Å². The van der Waals surface area contributed by atoms with Crippen molar-refractivity contribution in [3.8, 4) is 11.1 Å². The van der Waals surface area contributed by atoms with E-state index in [4.69, 9.17) is 27.7 Å². The summed E-state index contributed by atoms with van der Waals surface area (Å²) in [6.45, 7) is -11.5. The van der Waals surface area contributed by atoms with Gasteiger partial charge in [0.1, 0.15) is 0 Å². The fourth-order valence-electron chi connectivity index (χ4n) is 1.22. The highest BCUT2D eigenvalue weighted by Gasteiger charge is 2.13. The Kier molecular flexibility index (Phi) is 0.963. The van der Waals surface area contributed by atoms with Crippen LogP contribution in [-0.4, -0.2) is 0 Å². The maximum Gasteiger partial charge on any atom is 0.0635 e. The molecule has 0 aliphatic rings. The van der Waals surface area contributed by atoms with Crippen LogP contribution in [0.3, 0.4) is 0 Å². The van der Waals surface area contributed by atoms with Crippen molar-refractivity contribution in [2.75, 3.05) is 5.73 Å². The molecule has 0 heterocycles. The molecule has 0 bridgehead atoms. The van der Waals surface area contributed by atoms with Crippen molar-refractivity contribution in [1.82, 2.24) is 0 Å². The van der Waals surface area contributed by atoms with Gasteiger partial charge in [-0.3, -0.25) is 0 Å². The second-order valence-electron chi connectivity index (χ2n) is 3.48. The molecule has 0 radical (unpaired) electrons. The fourth-order valence-corrected chi connectivity index (χ4v) is 1.51. The van der Waals surface area contributed by atoms with Gasteiger partial charge in [-0.15, -0.1) is 0 Å². The number of benzene rings is 2. The molecule has 0 amide bonds. The molecule has 0 saturated carbocycles. The number of anilines is 1. The summed E-state index contributed by atoms with van der Waals surface area (Å²) in [5.41, 5.74) is -0.752. The van der Waals surface area contributed by atoms with Crippen LogP contribution >= 0.6 is 15.9 Å². The van der Waals surface area contributed by atoms with E-state index >= 15 is 0 Å². The average Bonchev–Trinajstić information content (AvgIpc) is 2.66. The second-order valence-corrected chi connectivity index (χ2v) is 4.27. The maximum absolute atomic E-state index is 8.39. The summed E-state index contributed by atoms with van der Waals surface area (Å²) in [6.07, 6.45) is 0. The molecule has 2 aromatic carbocycles. The number of para-hydroxylation sites is 1. The summed E-state index contributed by atoms with van der Waals surface area (Å²) >= 11 is 2.97. The summed E-state index contributed by atoms with van der Waals surface area (Å²) in [7, 11) is 0. The molecule has 2 N–H and O–H groups in total. The van der Waals surface area contributed by atoms with Gasteiger partial charge in [0.2, 0.25) is 0 Å². The van der Waals surface area contributed by atoms with Crippen molar-refractivity contribution >= 4 is 21.6 Å². The molecule has 0 spiro atoms. The molecule has 1 nitrogen and oxygen atoms in total. The van der Waals surface area contributed by atoms with Crippen LogP contribution in [-0.2, 0) is 5.41 Å². The van der Waals surface area contributed by atoms with E-state index in [9.17, 15) is 0 Å². The van der Waals surface area contributed by atoms with Crippen LogP contribution in [0, 0.1) is 0 Å². The van der Waals surface area contributed by atoms with E-state index in [1.807, 2.05) is 0 Å². The first-order valence-electron chi connectivity index (χ1n) is 12.7. The molecule has 2 aromatic rings. The molecule has 0 aromatic heterocycles. The van der Waals surface area contributed by atoms with Gasteiger partial charge < -0.3 is 5.73 Å². The van der Waals surface area contributed by atoms with Crippen LogP contribution in [0.1, 0.15) is 48.1 Å². The molecule has 2 heteroatoms. The third-order valence-electron chi connectivity index (χ3n) is 2.12. The van der Waals surface area contributed by atoms with Crippen molar-refractivity contribution in [2.24, 2.45) is 0 Å². The molecular formula is C16H18BrN. The zero-order chi connectivity index (χ0) is 26.9. The molecule has 2 rings (SSSR count). The van der Waals surface area contributed by atoms with E-state index in [0.717, 1.165) is 0 Å². The minimum Gasteiger partial charge on any atom is -0.397 e. The predicted octanol–water partition coefficient (Wildman–Crippen LogP) is 5.00. The van der Waals surface area contributed by atoms with Gasteiger partial charge in [0, 0.05) is 22.4 Å². The molecule has 0 unspecified atom stereocenters. The lowest BCUT2D eigenvalue weighted by molar-refractivity contribution is 0.590. The summed E-state index contributed by atoms with van der Waals surface area (Å²) in [5, 5.41) is 0. The number of rotatable bonds is 1. The van der Waals surface area contributed by atoms with Gasteiger partial charge in [-0.25, -0.2) is 0 Å². The van der Waals surface area contributed by atoms with E-state index in [1.54, 1.807) is 0 Å². The molecule has 0 aliphatic heterocycles. The summed E-state index contributed by atoms with van der Waals surface area (Å²) in [6, 6.07) is -6.49. The standard InChI is InChI=1S/C16H18BrN/c1-16(2,3)12-9-7-11(8-10-12)13-5-4-6-14(17)15(13)18/h4-10H,18H2,1-3H3/i1D3,2D3,3D3,4D,5D,6D,7D,8D,9D,10D. The lowest BCUT2D eigenvalue weighted by Gasteiger charge is -2.19. The summed E-state index contributed by atoms with van der Waals surface area (Å²) < 4.78 is 127. The zero-order valence-corrected chi connectivity index (χ0v) is 10.5. The van der Waals surface area contributed by atoms with Crippen LogP contribution < -0.4 is 5.73 Å². The minimum atomic E-state index is -3.82. The van der Waals surface area contributed by atoms with Crippen molar-refractivity contribution in [1.29, 1.82) is 0 Å². The van der Waals surface area contributed by atoms with Gasteiger partial charge in [0.05, 0.1) is 15.3 Å². The highest BCUT2D eigenvalue weighted by Crippen LogP contribution is 2.32. The van der Waals surface area contributed by atoms with Gasteiger partial charge in [-0.05, 0) is 38.5 Å². The number of halogens is 1. The Hall–Kier alpha value is -1.28. The zero-order valence-electron chi connectivity index (χ0n) is 25.0. The Morgan fingerprint density at radius 2 is 1.78 bits per heavy atom. The molecule has 94 valence electrons. The SMILES string of the molecule is [2H]c1c([2H])c(Br)c(N)c(-c2c([2H])c([2H])c(C(C([2H])([2H])[2H])(C([2H])([2H])[2H])C([2H])([2H])[2H])c([2H])c2[2H])c1[2H]. The number of nitrogen functional groups attached to an aromatic ring is 1. The van der Waals surface area contributed by atoms with Gasteiger partial charge in [0.25, 0.3) is 0 Å². The topological polar surface area (TPSA) is 26.0 Å². The Morgan fingerprint density at radius 1 is 1.11 bits per heavy atom. The van der Waals surface area contributed by atoms with Crippen molar-refractivity contribution in [2.45, 2.75) is 26.0 Å². The molecule has 0 atom stereocenters. The third-order valence-corrected chi connectivity index (χ3v) is 2.74. The number of nitrogens with two attached hydrogens (primary N) is 1. The van der Waals surface area contributed by atoms with Crippen LogP contribution in [0.2, 0.25) is 0 Å². The maximum atomic E-state index is 8.39. The second kappa shape index (κ2) is 4.77. The highest BCUT2D eigenvalue weighted by molar-refractivity contribution is 9.10. The molecule has 0 fully saturated rings. The normalized spacial score (nSPS) is 26.5. The van der Waals surface area contributed by atoms with Crippen LogP contribution in [0.15, 0.2) is 46.8 Å². The van der Waals surface area contributed by atoms with Gasteiger partial charge in [-0.1, -0.05) is 56.8 Å². The Labute approximate surface area is 140 Å². The molecular weight excluding hydrogens is 286 g/mol. The quantitative estimate of drug-likeness (QED) is 0.736. The first kappa shape index (κ1) is 3.63. The van der Waals surface area contributed by atoms with E-state index in [0.29, 0.717) is 0 Å². The van der Waals surface area contributed by atoms with Crippen molar-refractivity contribution in [3.05, 3.63) is 52.3 Å². The first-order chi connectivity index (χ1) is 15.1. The Balaban J connectivity index is 3.23. The van der Waals surface area contributed by atoms with Gasteiger partial charge >= 0.3 is 0 Å². The minimum absolute atomic E-state index is 0.175. The van der Waals surface area contributed by atoms with E-state index in [2.05, 4.69) is 15.9 Å².